The molecular weight excluding hydrogens is 192 g/mol. The van der Waals surface area contributed by atoms with E-state index >= 15 is 0 Å². The summed E-state index contributed by atoms with van der Waals surface area (Å²) in [4.78, 5) is 4.33. The van der Waals surface area contributed by atoms with Crippen molar-refractivity contribution < 1.29 is 0 Å². The largest absolute Gasteiger partial charge is 0.402 e. The molecule has 0 aliphatic carbocycles. The number of nitrogens with zero attached hydrogens (tertiary/aromatic N) is 1. The molecule has 2 aromatic rings. The van der Waals surface area contributed by atoms with E-state index in [1.165, 1.54) is 10.3 Å². The molecule has 1 aromatic heterocycles. The number of hydrogen-bond donors (Lipinski definition) is 1. The van der Waals surface area contributed by atoms with Crippen LogP contribution in [0.25, 0.3) is 16.3 Å². The van der Waals surface area contributed by atoms with Crippen molar-refractivity contribution in [3.8, 4) is 0 Å². The number of nitrogens with two attached hydrogens (primary N) is 1. The van der Waals surface area contributed by atoms with Crippen LogP contribution in [0, 0.1) is 6.92 Å². The van der Waals surface area contributed by atoms with E-state index in [9.17, 15) is 0 Å². The second-order valence-electron chi connectivity index (χ2n) is 3.37. The minimum Gasteiger partial charge on any atom is -0.402 e. The number of fused-ring (bicyclic) bond motifs is 1. The lowest BCUT2D eigenvalue weighted by Crippen LogP contribution is -1.91. The number of benzene rings is 1. The Morgan fingerprint density at radius 2 is 2.29 bits per heavy atom. The molecule has 72 valence electrons. The van der Waals surface area contributed by atoms with Crippen molar-refractivity contribution in [1.82, 2.24) is 4.98 Å². The first kappa shape index (κ1) is 9.21. The number of rotatable bonds is 1. The number of aromatic nitrogens is 1. The summed E-state index contributed by atoms with van der Waals surface area (Å²) in [6, 6.07) is 4.18. The summed E-state index contributed by atoms with van der Waals surface area (Å²) < 4.78 is 1.23. The van der Waals surface area contributed by atoms with Crippen molar-refractivity contribution in [1.29, 1.82) is 0 Å². The molecule has 14 heavy (non-hydrogen) atoms. The second-order valence-corrected chi connectivity index (χ2v) is 4.25. The van der Waals surface area contributed by atoms with Gasteiger partial charge in [0.2, 0.25) is 0 Å². The standard InChI is InChI=1S/C11H12N2S/c1-7(12)5-9-3-4-10-11(8(9)2)13-6-14-10/h3-6H,12H2,1-2H3/b7-5+. The number of allylic oxidation sites excluding steroid dienone is 1. The molecule has 0 saturated heterocycles. The molecule has 0 bridgehead atoms. The molecular formula is C11H12N2S. The van der Waals surface area contributed by atoms with E-state index in [0.717, 1.165) is 16.8 Å². The number of thiazole rings is 1. The van der Waals surface area contributed by atoms with Crippen molar-refractivity contribution >= 4 is 27.6 Å². The van der Waals surface area contributed by atoms with E-state index in [2.05, 4.69) is 24.0 Å². The molecule has 2 N–H and O–H groups in total. The van der Waals surface area contributed by atoms with E-state index in [-0.39, 0.29) is 0 Å². The topological polar surface area (TPSA) is 38.9 Å². The first-order chi connectivity index (χ1) is 6.68. The van der Waals surface area contributed by atoms with Crippen LogP contribution in [0.2, 0.25) is 0 Å². The van der Waals surface area contributed by atoms with Gasteiger partial charge in [0.25, 0.3) is 0 Å². The monoisotopic (exact) mass is 204 g/mol. The molecule has 0 radical (unpaired) electrons. The fourth-order valence-corrected chi connectivity index (χ4v) is 2.22. The lowest BCUT2D eigenvalue weighted by molar-refractivity contribution is 1.33. The fourth-order valence-electron chi connectivity index (χ4n) is 1.48. The summed E-state index contributed by atoms with van der Waals surface area (Å²) in [5.74, 6) is 0. The third-order valence-electron chi connectivity index (χ3n) is 2.18. The highest BCUT2D eigenvalue weighted by Crippen LogP contribution is 2.24. The van der Waals surface area contributed by atoms with E-state index in [1.807, 2.05) is 18.5 Å². The summed E-state index contributed by atoms with van der Waals surface area (Å²) in [7, 11) is 0. The summed E-state index contributed by atoms with van der Waals surface area (Å²) in [6.07, 6.45) is 1.98. The zero-order valence-corrected chi connectivity index (χ0v) is 9.06. The first-order valence-electron chi connectivity index (χ1n) is 4.45. The van der Waals surface area contributed by atoms with E-state index in [4.69, 9.17) is 5.73 Å². The minimum absolute atomic E-state index is 0.822. The fraction of sp³-hybridized carbons (Fsp3) is 0.182. The summed E-state index contributed by atoms with van der Waals surface area (Å²) in [5.41, 5.74) is 11.8. The van der Waals surface area contributed by atoms with Gasteiger partial charge in [0, 0.05) is 5.70 Å². The molecule has 2 rings (SSSR count). The lowest BCUT2D eigenvalue weighted by atomic mass is 10.1. The average molecular weight is 204 g/mol. The highest BCUT2D eigenvalue weighted by atomic mass is 32.1. The third kappa shape index (κ3) is 1.51. The Kier molecular flexibility index (Phi) is 2.25. The Hall–Kier alpha value is -1.35. The van der Waals surface area contributed by atoms with Crippen molar-refractivity contribution in [2.45, 2.75) is 13.8 Å². The molecule has 0 unspecified atom stereocenters. The normalized spacial score (nSPS) is 12.3. The van der Waals surface area contributed by atoms with Crippen LogP contribution in [-0.4, -0.2) is 4.98 Å². The van der Waals surface area contributed by atoms with E-state index in [0.29, 0.717) is 0 Å². The van der Waals surface area contributed by atoms with Crippen LogP contribution in [0.4, 0.5) is 0 Å². The van der Waals surface area contributed by atoms with Gasteiger partial charge in [-0.1, -0.05) is 6.07 Å². The maximum absolute atomic E-state index is 5.66. The van der Waals surface area contributed by atoms with Gasteiger partial charge in [0.15, 0.2) is 0 Å². The van der Waals surface area contributed by atoms with Crippen LogP contribution in [0.3, 0.4) is 0 Å². The smallest absolute Gasteiger partial charge is 0.0847 e. The number of hydrogen-bond acceptors (Lipinski definition) is 3. The Bertz CT molecular complexity index is 493. The molecule has 2 nitrogen and oxygen atoms in total. The molecule has 1 aromatic carbocycles. The Morgan fingerprint density at radius 3 is 3.00 bits per heavy atom. The van der Waals surface area contributed by atoms with Crippen LogP contribution >= 0.6 is 11.3 Å². The van der Waals surface area contributed by atoms with Crippen molar-refractivity contribution in [2.24, 2.45) is 5.73 Å². The molecule has 0 spiro atoms. The van der Waals surface area contributed by atoms with Gasteiger partial charge < -0.3 is 5.73 Å². The second kappa shape index (κ2) is 3.42. The van der Waals surface area contributed by atoms with E-state index in [1.54, 1.807) is 11.3 Å². The minimum atomic E-state index is 0.822. The summed E-state index contributed by atoms with van der Waals surface area (Å²) in [6.45, 7) is 3.97. The highest BCUT2D eigenvalue weighted by Gasteiger charge is 2.03. The SMILES string of the molecule is C/C(N)=C\c1ccc2scnc2c1C. The van der Waals surface area contributed by atoms with Crippen LogP contribution in [0.15, 0.2) is 23.3 Å². The zero-order chi connectivity index (χ0) is 10.1. The third-order valence-corrected chi connectivity index (χ3v) is 2.97. The van der Waals surface area contributed by atoms with Gasteiger partial charge in [-0.15, -0.1) is 11.3 Å². The molecule has 0 aliphatic rings. The molecule has 3 heteroatoms. The molecule has 0 fully saturated rings. The molecule has 0 amide bonds. The van der Waals surface area contributed by atoms with Crippen molar-refractivity contribution in [3.05, 3.63) is 34.5 Å². The highest BCUT2D eigenvalue weighted by molar-refractivity contribution is 7.16. The van der Waals surface area contributed by atoms with Crippen LogP contribution in [-0.2, 0) is 0 Å². The predicted octanol–water partition coefficient (Wildman–Crippen LogP) is 2.92. The lowest BCUT2D eigenvalue weighted by Gasteiger charge is -2.01. The zero-order valence-electron chi connectivity index (χ0n) is 8.24. The van der Waals surface area contributed by atoms with Crippen LogP contribution in [0.5, 0.6) is 0 Å². The van der Waals surface area contributed by atoms with Crippen molar-refractivity contribution in [3.63, 3.8) is 0 Å². The summed E-state index contributed by atoms with van der Waals surface area (Å²) >= 11 is 1.67. The average Bonchev–Trinajstić information content (AvgIpc) is 2.57. The molecule has 1 heterocycles. The Labute approximate surface area is 87.1 Å². The Morgan fingerprint density at radius 1 is 1.50 bits per heavy atom. The number of aryl methyl sites for hydroxylation is 1. The van der Waals surface area contributed by atoms with Gasteiger partial charge in [-0.25, -0.2) is 4.98 Å². The van der Waals surface area contributed by atoms with Gasteiger partial charge in [0.05, 0.1) is 15.7 Å². The maximum Gasteiger partial charge on any atom is 0.0847 e. The van der Waals surface area contributed by atoms with E-state index < -0.39 is 0 Å². The first-order valence-corrected chi connectivity index (χ1v) is 5.33. The van der Waals surface area contributed by atoms with Gasteiger partial charge in [0.1, 0.15) is 0 Å². The molecule has 0 atom stereocenters. The van der Waals surface area contributed by atoms with Crippen molar-refractivity contribution in [2.75, 3.05) is 0 Å². The molecule has 0 aliphatic heterocycles. The maximum atomic E-state index is 5.66. The van der Waals surface area contributed by atoms with Crippen LogP contribution in [0.1, 0.15) is 18.1 Å². The van der Waals surface area contributed by atoms with Gasteiger partial charge >= 0.3 is 0 Å². The quantitative estimate of drug-likeness (QED) is 0.775. The van der Waals surface area contributed by atoms with Gasteiger partial charge in [-0.3, -0.25) is 0 Å². The van der Waals surface area contributed by atoms with Gasteiger partial charge in [-0.2, -0.15) is 0 Å². The van der Waals surface area contributed by atoms with Crippen LogP contribution < -0.4 is 5.73 Å². The molecule has 0 saturated carbocycles. The van der Waals surface area contributed by atoms with Gasteiger partial charge in [-0.05, 0) is 37.1 Å². The summed E-state index contributed by atoms with van der Waals surface area (Å²) in [5, 5.41) is 0. The predicted molar refractivity (Wildman–Crippen MR) is 62.2 cm³/mol. The Balaban J connectivity index is 2.68.